The molecule has 1 N–H and O–H groups in total. The Labute approximate surface area is 149 Å². The smallest absolute Gasteiger partial charge is 0.439 e. The average Bonchev–Trinajstić information content (AvgIpc) is 2.88. The van der Waals surface area contributed by atoms with Crippen molar-refractivity contribution < 1.29 is 27.8 Å². The van der Waals surface area contributed by atoms with Gasteiger partial charge >= 0.3 is 6.18 Å². The molecule has 0 unspecified atom stereocenters. The molecular weight excluding hydrogens is 349 g/mol. The maximum absolute atomic E-state index is 13.7. The van der Waals surface area contributed by atoms with Gasteiger partial charge in [0.2, 0.25) is 0 Å². The average molecular weight is 370 g/mol. The van der Waals surface area contributed by atoms with E-state index in [1.54, 1.807) is 31.2 Å². The van der Waals surface area contributed by atoms with Crippen molar-refractivity contribution in [1.82, 2.24) is 5.01 Å². The van der Waals surface area contributed by atoms with Gasteiger partial charge in [-0.25, -0.2) is 0 Å². The van der Waals surface area contributed by atoms with Gasteiger partial charge in [0.05, 0.1) is 5.92 Å². The summed E-state index contributed by atoms with van der Waals surface area (Å²) in [5, 5.41) is 14.6. The zero-order chi connectivity index (χ0) is 19.1. The lowest BCUT2D eigenvalue weighted by Crippen LogP contribution is -2.62. The van der Waals surface area contributed by atoms with E-state index < -0.39 is 30.3 Å². The molecule has 0 bridgehead atoms. The number of carbonyl (C=O) groups excluding carboxylic acids is 1. The summed E-state index contributed by atoms with van der Waals surface area (Å²) in [4.78, 5) is 12.5. The number of halogens is 3. The van der Waals surface area contributed by atoms with E-state index in [0.29, 0.717) is 18.6 Å². The number of hydrogen-bond acceptors (Lipinski definition) is 4. The van der Waals surface area contributed by atoms with Crippen molar-refractivity contribution in [2.24, 2.45) is 16.9 Å². The quantitative estimate of drug-likeness (QED) is 0.888. The molecule has 0 radical (unpaired) electrons. The van der Waals surface area contributed by atoms with Gasteiger partial charge in [0.15, 0.2) is 6.61 Å². The first-order valence-electron chi connectivity index (χ1n) is 8.52. The van der Waals surface area contributed by atoms with Crippen LogP contribution in [0.4, 0.5) is 13.2 Å². The van der Waals surface area contributed by atoms with Gasteiger partial charge in [0.25, 0.3) is 11.6 Å². The SMILES string of the molecule is Cc1ccccc1OCC(=O)N1N=C2CC[C@@H](C)C[C@H]2[C@]1(O)C(F)(F)F. The van der Waals surface area contributed by atoms with Crippen LogP contribution in [0.5, 0.6) is 5.75 Å². The van der Waals surface area contributed by atoms with Crippen molar-refractivity contribution in [2.75, 3.05) is 6.61 Å². The van der Waals surface area contributed by atoms with Crippen molar-refractivity contribution in [1.29, 1.82) is 0 Å². The lowest BCUT2D eigenvalue weighted by molar-refractivity contribution is -0.318. The van der Waals surface area contributed by atoms with Crippen LogP contribution in [0.25, 0.3) is 0 Å². The molecule has 1 aromatic rings. The first-order valence-corrected chi connectivity index (χ1v) is 8.52. The predicted molar refractivity (Wildman–Crippen MR) is 88.5 cm³/mol. The molecule has 0 saturated heterocycles. The standard InChI is InChI=1S/C18H21F3N2O3/c1-11-7-8-14-13(9-11)17(25,18(19,20)21)23(22-14)16(24)10-26-15-6-4-3-5-12(15)2/h3-6,11,13,25H,7-10H2,1-2H3/t11-,13-,17+/m1/s1. The van der Waals surface area contributed by atoms with E-state index in [2.05, 4.69) is 5.10 Å². The molecule has 1 saturated carbocycles. The summed E-state index contributed by atoms with van der Waals surface area (Å²) >= 11 is 0. The number of aryl methyl sites for hydroxylation is 1. The first kappa shape index (κ1) is 18.7. The number of alkyl halides is 3. The molecule has 1 aliphatic heterocycles. The minimum atomic E-state index is -5.02. The first-order chi connectivity index (χ1) is 12.1. The Hall–Kier alpha value is -2.09. The lowest BCUT2D eigenvalue weighted by atomic mass is 9.76. The second-order valence-corrected chi connectivity index (χ2v) is 7.01. The van der Waals surface area contributed by atoms with E-state index in [1.165, 1.54) is 0 Å². The minimum absolute atomic E-state index is 0.0195. The van der Waals surface area contributed by atoms with Crippen LogP contribution in [-0.4, -0.2) is 40.2 Å². The highest BCUT2D eigenvalue weighted by Gasteiger charge is 2.68. The second-order valence-electron chi connectivity index (χ2n) is 7.01. The highest BCUT2D eigenvalue weighted by atomic mass is 19.4. The number of amides is 1. The van der Waals surface area contributed by atoms with E-state index >= 15 is 0 Å². The number of rotatable bonds is 3. The second kappa shape index (κ2) is 6.57. The van der Waals surface area contributed by atoms with Crippen molar-refractivity contribution >= 4 is 11.6 Å². The monoisotopic (exact) mass is 370 g/mol. The summed E-state index contributed by atoms with van der Waals surface area (Å²) in [5.74, 6) is -1.84. The van der Waals surface area contributed by atoms with Crippen LogP contribution in [0.15, 0.2) is 29.4 Å². The minimum Gasteiger partial charge on any atom is -0.483 e. The normalized spacial score (nSPS) is 28.5. The molecule has 8 heteroatoms. The van der Waals surface area contributed by atoms with Crippen molar-refractivity contribution in [3.63, 3.8) is 0 Å². The Bertz CT molecular complexity index is 735. The molecule has 1 fully saturated rings. The molecule has 3 atom stereocenters. The molecular formula is C18H21F3N2O3. The topological polar surface area (TPSA) is 62.1 Å². The summed E-state index contributed by atoms with van der Waals surface area (Å²) in [7, 11) is 0. The maximum Gasteiger partial charge on any atom is 0.439 e. The van der Waals surface area contributed by atoms with Crippen LogP contribution in [0.2, 0.25) is 0 Å². The summed E-state index contributed by atoms with van der Waals surface area (Å²) in [6, 6.07) is 6.86. The molecule has 142 valence electrons. The van der Waals surface area contributed by atoms with Crippen LogP contribution in [0.1, 0.15) is 31.7 Å². The van der Waals surface area contributed by atoms with Crippen molar-refractivity contribution in [3.05, 3.63) is 29.8 Å². The number of carbonyl (C=O) groups is 1. The van der Waals surface area contributed by atoms with Crippen LogP contribution in [0, 0.1) is 18.8 Å². The Morgan fingerprint density at radius 3 is 2.77 bits per heavy atom. The summed E-state index contributed by atoms with van der Waals surface area (Å²) in [6.45, 7) is 2.96. The Morgan fingerprint density at radius 2 is 2.12 bits per heavy atom. The number of aliphatic hydroxyl groups is 1. The van der Waals surface area contributed by atoms with Gasteiger partial charge in [-0.3, -0.25) is 4.79 Å². The number of nitrogens with zero attached hydrogens (tertiary/aromatic N) is 2. The molecule has 1 aromatic carbocycles. The summed E-state index contributed by atoms with van der Waals surface area (Å²) < 4.78 is 46.5. The third-order valence-electron chi connectivity index (χ3n) is 5.07. The number of para-hydroxylation sites is 1. The number of hydrogen-bond donors (Lipinski definition) is 1. The Kier molecular flexibility index (Phi) is 4.72. The number of fused-ring (bicyclic) bond motifs is 1. The van der Waals surface area contributed by atoms with Crippen LogP contribution < -0.4 is 4.74 Å². The third-order valence-corrected chi connectivity index (χ3v) is 5.07. The van der Waals surface area contributed by atoms with E-state index in [1.807, 2.05) is 6.92 Å². The Morgan fingerprint density at radius 1 is 1.42 bits per heavy atom. The number of benzene rings is 1. The van der Waals surface area contributed by atoms with Crippen molar-refractivity contribution in [3.8, 4) is 5.75 Å². The molecule has 0 aromatic heterocycles. The fourth-order valence-corrected chi connectivity index (χ4v) is 3.58. The zero-order valence-electron chi connectivity index (χ0n) is 14.6. The zero-order valence-corrected chi connectivity index (χ0v) is 14.6. The molecule has 5 nitrogen and oxygen atoms in total. The molecule has 26 heavy (non-hydrogen) atoms. The fourth-order valence-electron chi connectivity index (χ4n) is 3.58. The summed E-state index contributed by atoms with van der Waals surface area (Å²) in [5.41, 5.74) is -2.34. The predicted octanol–water partition coefficient (Wildman–Crippen LogP) is 3.26. The summed E-state index contributed by atoms with van der Waals surface area (Å²) in [6.07, 6.45) is -3.85. The van der Waals surface area contributed by atoms with Crippen LogP contribution >= 0.6 is 0 Å². The molecule has 3 rings (SSSR count). The maximum atomic E-state index is 13.7. The highest BCUT2D eigenvalue weighted by molar-refractivity contribution is 5.93. The molecule has 1 heterocycles. The van der Waals surface area contributed by atoms with Crippen molar-refractivity contribution in [2.45, 2.75) is 45.0 Å². The fraction of sp³-hybridized carbons (Fsp3) is 0.556. The van der Waals surface area contributed by atoms with Gasteiger partial charge in [-0.15, -0.1) is 0 Å². The highest BCUT2D eigenvalue weighted by Crippen LogP contribution is 2.49. The van der Waals surface area contributed by atoms with E-state index in [-0.39, 0.29) is 23.1 Å². The number of ether oxygens (including phenoxy) is 1. The molecule has 1 amide bonds. The lowest BCUT2D eigenvalue weighted by Gasteiger charge is -2.39. The van der Waals surface area contributed by atoms with Gasteiger partial charge in [-0.1, -0.05) is 25.1 Å². The molecule has 0 spiro atoms. The van der Waals surface area contributed by atoms with E-state index in [9.17, 15) is 23.1 Å². The largest absolute Gasteiger partial charge is 0.483 e. The van der Waals surface area contributed by atoms with E-state index in [0.717, 1.165) is 5.56 Å². The third kappa shape index (κ3) is 3.06. The van der Waals surface area contributed by atoms with Crippen LogP contribution in [0.3, 0.4) is 0 Å². The van der Waals surface area contributed by atoms with Gasteiger partial charge in [0, 0.05) is 5.71 Å². The van der Waals surface area contributed by atoms with E-state index in [4.69, 9.17) is 4.74 Å². The van der Waals surface area contributed by atoms with Gasteiger partial charge in [-0.2, -0.15) is 23.3 Å². The van der Waals surface area contributed by atoms with Gasteiger partial charge in [0.1, 0.15) is 5.75 Å². The Balaban J connectivity index is 1.83. The van der Waals surface area contributed by atoms with Gasteiger partial charge in [-0.05, 0) is 43.7 Å². The molecule has 2 aliphatic rings. The number of hydrazone groups is 1. The van der Waals surface area contributed by atoms with Gasteiger partial charge < -0.3 is 9.84 Å². The van der Waals surface area contributed by atoms with Crippen LogP contribution in [-0.2, 0) is 4.79 Å². The molecule has 1 aliphatic carbocycles.